The van der Waals surface area contributed by atoms with Crippen LogP contribution in [0, 0.1) is 0 Å². The lowest BCUT2D eigenvalue weighted by Crippen LogP contribution is -2.39. The highest BCUT2D eigenvalue weighted by Gasteiger charge is 2.17. The van der Waals surface area contributed by atoms with Gasteiger partial charge in [0.1, 0.15) is 0 Å². The predicted octanol–water partition coefficient (Wildman–Crippen LogP) is -0.128. The van der Waals surface area contributed by atoms with Crippen molar-refractivity contribution in [2.75, 3.05) is 19.6 Å². The van der Waals surface area contributed by atoms with Crippen LogP contribution in [0.15, 0.2) is 18.5 Å². The van der Waals surface area contributed by atoms with E-state index in [0.29, 0.717) is 13.1 Å². The van der Waals surface area contributed by atoms with Gasteiger partial charge in [-0.25, -0.2) is 0 Å². The Hall–Kier alpha value is -0.620. The fourth-order valence-electron chi connectivity index (χ4n) is 1.97. The predicted molar refractivity (Wildman–Crippen MR) is 68.7 cm³/mol. The van der Waals surface area contributed by atoms with E-state index >= 15 is 0 Å². The molecule has 90 valence electrons. The Morgan fingerprint density at radius 1 is 1.50 bits per heavy atom. The molecule has 0 fully saturated rings. The number of rotatable bonds is 3. The standard InChI is InChI=1S/C11H17N3O.H2S/c12-5-11(15)8-14-4-2-9-1-3-13-6-10(9)7-14;/h1,3,6,11,15H,2,4-5,7-8,12H2;1H2/t11-;/m0./s1. The molecule has 2 rings (SSSR count). The van der Waals surface area contributed by atoms with Crippen molar-refractivity contribution < 1.29 is 5.11 Å². The lowest BCUT2D eigenvalue weighted by atomic mass is 10.0. The van der Waals surface area contributed by atoms with Crippen LogP contribution in [-0.4, -0.2) is 40.7 Å². The topological polar surface area (TPSA) is 62.4 Å². The van der Waals surface area contributed by atoms with Gasteiger partial charge in [0, 0.05) is 38.6 Å². The van der Waals surface area contributed by atoms with Gasteiger partial charge in [-0.05, 0) is 23.6 Å². The molecular formula is C11H19N3OS. The number of fused-ring (bicyclic) bond motifs is 1. The summed E-state index contributed by atoms with van der Waals surface area (Å²) in [7, 11) is 0. The van der Waals surface area contributed by atoms with Crippen molar-refractivity contribution in [1.29, 1.82) is 0 Å². The number of aromatic nitrogens is 1. The van der Waals surface area contributed by atoms with Crippen molar-refractivity contribution in [3.8, 4) is 0 Å². The molecule has 4 nitrogen and oxygen atoms in total. The third-order valence-electron chi connectivity index (χ3n) is 2.84. The highest BCUT2D eigenvalue weighted by molar-refractivity contribution is 7.59. The molecule has 1 atom stereocenters. The van der Waals surface area contributed by atoms with E-state index in [-0.39, 0.29) is 13.5 Å². The molecule has 0 amide bonds. The van der Waals surface area contributed by atoms with Gasteiger partial charge < -0.3 is 10.8 Å². The van der Waals surface area contributed by atoms with Gasteiger partial charge in [-0.2, -0.15) is 13.5 Å². The molecule has 1 aromatic rings. The number of β-amino-alcohol motifs (C(OH)–C–C–N with tert-alkyl or cyclic N) is 1. The highest BCUT2D eigenvalue weighted by atomic mass is 32.1. The maximum atomic E-state index is 9.48. The monoisotopic (exact) mass is 241 g/mol. The van der Waals surface area contributed by atoms with Crippen LogP contribution in [0.3, 0.4) is 0 Å². The summed E-state index contributed by atoms with van der Waals surface area (Å²) in [5.41, 5.74) is 8.04. The Labute approximate surface area is 103 Å². The molecule has 1 aromatic heterocycles. The molecule has 3 N–H and O–H groups in total. The molecule has 0 aliphatic carbocycles. The van der Waals surface area contributed by atoms with Crippen LogP contribution < -0.4 is 5.73 Å². The normalized spacial score (nSPS) is 17.4. The minimum Gasteiger partial charge on any atom is -0.390 e. The van der Waals surface area contributed by atoms with Gasteiger partial charge >= 0.3 is 0 Å². The quantitative estimate of drug-likeness (QED) is 0.774. The first-order chi connectivity index (χ1) is 7.29. The smallest absolute Gasteiger partial charge is 0.0789 e. The number of nitrogens with zero attached hydrogens (tertiary/aromatic N) is 2. The zero-order chi connectivity index (χ0) is 10.7. The Kier molecular flexibility index (Phi) is 5.21. The second kappa shape index (κ2) is 6.20. The van der Waals surface area contributed by atoms with E-state index in [2.05, 4.69) is 16.0 Å². The second-order valence-electron chi connectivity index (χ2n) is 4.02. The molecule has 0 spiro atoms. The van der Waals surface area contributed by atoms with Crippen LogP contribution in [0.2, 0.25) is 0 Å². The highest BCUT2D eigenvalue weighted by Crippen LogP contribution is 2.17. The second-order valence-corrected chi connectivity index (χ2v) is 4.02. The number of aliphatic hydroxyl groups is 1. The van der Waals surface area contributed by atoms with Crippen molar-refractivity contribution in [1.82, 2.24) is 9.88 Å². The maximum absolute atomic E-state index is 9.48. The average Bonchev–Trinajstić information content (AvgIpc) is 2.29. The molecule has 1 aliphatic heterocycles. The molecule has 0 unspecified atom stereocenters. The van der Waals surface area contributed by atoms with Gasteiger partial charge in [0.2, 0.25) is 0 Å². The summed E-state index contributed by atoms with van der Waals surface area (Å²) >= 11 is 0. The van der Waals surface area contributed by atoms with Gasteiger partial charge in [-0.1, -0.05) is 0 Å². The Morgan fingerprint density at radius 3 is 3.06 bits per heavy atom. The molecule has 2 heterocycles. The number of aliphatic hydroxyl groups excluding tert-OH is 1. The molecule has 0 radical (unpaired) electrons. The summed E-state index contributed by atoms with van der Waals surface area (Å²) in [6, 6.07) is 2.08. The molecule has 0 aromatic carbocycles. The van der Waals surface area contributed by atoms with Gasteiger partial charge in [-0.3, -0.25) is 9.88 Å². The first-order valence-corrected chi connectivity index (χ1v) is 5.32. The van der Waals surface area contributed by atoms with E-state index < -0.39 is 6.10 Å². The maximum Gasteiger partial charge on any atom is 0.0789 e. The number of pyridine rings is 1. The van der Waals surface area contributed by atoms with E-state index in [1.807, 2.05) is 12.4 Å². The van der Waals surface area contributed by atoms with Crippen LogP contribution in [-0.2, 0) is 13.0 Å². The third kappa shape index (κ3) is 3.18. The van der Waals surface area contributed by atoms with E-state index in [1.165, 1.54) is 11.1 Å². The first-order valence-electron chi connectivity index (χ1n) is 5.32. The molecule has 0 bridgehead atoms. The van der Waals surface area contributed by atoms with Crippen LogP contribution in [0.5, 0.6) is 0 Å². The number of hydrogen-bond acceptors (Lipinski definition) is 4. The Bertz CT molecular complexity index is 335. The Balaban J connectivity index is 0.00000128. The summed E-state index contributed by atoms with van der Waals surface area (Å²) in [5.74, 6) is 0. The van der Waals surface area contributed by atoms with E-state index in [9.17, 15) is 5.11 Å². The van der Waals surface area contributed by atoms with Gasteiger partial charge in [0.15, 0.2) is 0 Å². The lowest BCUT2D eigenvalue weighted by molar-refractivity contribution is 0.111. The average molecular weight is 241 g/mol. The number of nitrogens with two attached hydrogens (primary N) is 1. The first kappa shape index (κ1) is 13.4. The summed E-state index contributed by atoms with van der Waals surface area (Å²) < 4.78 is 0. The zero-order valence-corrected chi connectivity index (χ0v) is 10.3. The summed E-state index contributed by atoms with van der Waals surface area (Å²) in [6.07, 6.45) is 4.37. The fraction of sp³-hybridized carbons (Fsp3) is 0.545. The van der Waals surface area contributed by atoms with Crippen LogP contribution in [0.25, 0.3) is 0 Å². The van der Waals surface area contributed by atoms with Gasteiger partial charge in [-0.15, -0.1) is 0 Å². The van der Waals surface area contributed by atoms with Crippen molar-refractivity contribution in [3.05, 3.63) is 29.6 Å². The van der Waals surface area contributed by atoms with Gasteiger partial charge in [0.05, 0.1) is 6.10 Å². The summed E-state index contributed by atoms with van der Waals surface area (Å²) in [6.45, 7) is 2.86. The van der Waals surface area contributed by atoms with E-state index in [0.717, 1.165) is 19.5 Å². The van der Waals surface area contributed by atoms with Crippen molar-refractivity contribution in [2.45, 2.75) is 19.1 Å². The molecule has 5 heteroatoms. The van der Waals surface area contributed by atoms with Crippen molar-refractivity contribution >= 4 is 13.5 Å². The summed E-state index contributed by atoms with van der Waals surface area (Å²) in [5, 5.41) is 9.48. The minimum atomic E-state index is -0.414. The fourth-order valence-corrected chi connectivity index (χ4v) is 1.97. The molecular weight excluding hydrogens is 222 g/mol. The van der Waals surface area contributed by atoms with Crippen LogP contribution in [0.4, 0.5) is 0 Å². The minimum absolute atomic E-state index is 0. The van der Waals surface area contributed by atoms with E-state index in [4.69, 9.17) is 5.73 Å². The molecule has 1 aliphatic rings. The van der Waals surface area contributed by atoms with Crippen LogP contribution >= 0.6 is 13.5 Å². The molecule has 0 saturated carbocycles. The van der Waals surface area contributed by atoms with Crippen molar-refractivity contribution in [2.24, 2.45) is 5.73 Å². The van der Waals surface area contributed by atoms with Crippen LogP contribution in [0.1, 0.15) is 11.1 Å². The SMILES string of the molecule is NC[C@H](O)CN1CCc2ccncc2C1.S. The zero-order valence-electron chi connectivity index (χ0n) is 9.26. The lowest BCUT2D eigenvalue weighted by Gasteiger charge is -2.29. The molecule has 16 heavy (non-hydrogen) atoms. The Morgan fingerprint density at radius 2 is 2.31 bits per heavy atom. The van der Waals surface area contributed by atoms with Crippen molar-refractivity contribution in [3.63, 3.8) is 0 Å². The van der Waals surface area contributed by atoms with Gasteiger partial charge in [0.25, 0.3) is 0 Å². The third-order valence-corrected chi connectivity index (χ3v) is 2.84. The summed E-state index contributed by atoms with van der Waals surface area (Å²) in [4.78, 5) is 6.34. The molecule has 0 saturated heterocycles. The largest absolute Gasteiger partial charge is 0.390 e. The number of hydrogen-bond donors (Lipinski definition) is 2. The van der Waals surface area contributed by atoms with E-state index in [1.54, 1.807) is 0 Å².